The lowest BCUT2D eigenvalue weighted by atomic mass is 10.1. The van der Waals surface area contributed by atoms with Crippen LogP contribution in [0.5, 0.6) is 0 Å². The number of benzene rings is 1. The molecule has 110 valence electrons. The molecule has 8 heteroatoms. The van der Waals surface area contributed by atoms with Crippen LogP contribution in [0, 0.1) is 10.1 Å². The second kappa shape index (κ2) is 5.61. The van der Waals surface area contributed by atoms with Crippen LogP contribution in [0.15, 0.2) is 30.3 Å². The summed E-state index contributed by atoms with van der Waals surface area (Å²) in [5.74, 6) is 0. The Labute approximate surface area is 117 Å². The van der Waals surface area contributed by atoms with E-state index < -0.39 is 18.2 Å². The average molecular weight is 300 g/mol. The van der Waals surface area contributed by atoms with E-state index in [0.717, 1.165) is 5.56 Å². The zero-order valence-corrected chi connectivity index (χ0v) is 12.2. The maximum absolute atomic E-state index is 12.3. The molecule has 2 rings (SSSR count). The highest BCUT2D eigenvalue weighted by Crippen LogP contribution is 2.50. The second-order valence-corrected chi connectivity index (χ2v) is 6.83. The molecule has 7 nitrogen and oxygen atoms in total. The first-order chi connectivity index (χ1) is 9.35. The monoisotopic (exact) mass is 300 g/mol. The molecule has 0 aromatic heterocycles. The van der Waals surface area contributed by atoms with Crippen LogP contribution in [-0.4, -0.2) is 23.7 Å². The van der Waals surface area contributed by atoms with Crippen molar-refractivity contribution in [3.05, 3.63) is 46.0 Å². The number of hydrogen-bond donors (Lipinski definition) is 1. The molecular weight excluding hydrogens is 283 g/mol. The fraction of sp³-hybridized carbons (Fsp3) is 0.500. The third-order valence-electron chi connectivity index (χ3n) is 3.18. The molecule has 20 heavy (non-hydrogen) atoms. The van der Waals surface area contributed by atoms with Gasteiger partial charge in [-0.3, -0.25) is 19.2 Å². The molecule has 1 heterocycles. The third-order valence-corrected chi connectivity index (χ3v) is 4.82. The van der Waals surface area contributed by atoms with Crippen LogP contribution in [0.1, 0.15) is 25.5 Å². The van der Waals surface area contributed by atoms with Crippen molar-refractivity contribution in [2.75, 3.05) is 13.2 Å². The summed E-state index contributed by atoms with van der Waals surface area (Å²) < 4.78 is 22.6. The van der Waals surface area contributed by atoms with E-state index in [1.54, 1.807) is 0 Å². The normalized spacial score (nSPS) is 31.7. The topological polar surface area (TPSA) is 90.7 Å². The SMILES string of the molecule is C[C@H](NP1(=O)OCC(C)([N+](=O)[O-])CO1)c1ccccc1. The van der Waals surface area contributed by atoms with Gasteiger partial charge in [-0.2, -0.15) is 0 Å². The van der Waals surface area contributed by atoms with Crippen LogP contribution in [-0.2, 0) is 13.6 Å². The highest BCUT2D eigenvalue weighted by atomic mass is 31.2. The van der Waals surface area contributed by atoms with Gasteiger partial charge in [0.15, 0.2) is 0 Å². The van der Waals surface area contributed by atoms with E-state index in [4.69, 9.17) is 9.05 Å². The molecule has 0 amide bonds. The molecule has 0 aliphatic carbocycles. The lowest BCUT2D eigenvalue weighted by Crippen LogP contribution is -2.47. The minimum Gasteiger partial charge on any atom is -0.289 e. The van der Waals surface area contributed by atoms with Crippen molar-refractivity contribution in [2.24, 2.45) is 0 Å². The first kappa shape index (κ1) is 15.1. The maximum Gasteiger partial charge on any atom is 0.406 e. The van der Waals surface area contributed by atoms with Gasteiger partial charge in [0.2, 0.25) is 0 Å². The molecule has 0 saturated carbocycles. The van der Waals surface area contributed by atoms with E-state index in [0.29, 0.717) is 0 Å². The number of hydrogen-bond acceptors (Lipinski definition) is 5. The van der Waals surface area contributed by atoms with E-state index in [9.17, 15) is 14.7 Å². The number of nitrogens with one attached hydrogen (secondary N) is 1. The van der Waals surface area contributed by atoms with Gasteiger partial charge in [0.05, 0.1) is 0 Å². The molecule has 1 aromatic rings. The predicted molar refractivity (Wildman–Crippen MR) is 72.9 cm³/mol. The first-order valence-corrected chi connectivity index (χ1v) is 7.75. The number of nitrogens with zero attached hydrogens (tertiary/aromatic N) is 1. The molecule has 1 N–H and O–H groups in total. The van der Waals surface area contributed by atoms with Gasteiger partial charge in [0.1, 0.15) is 13.2 Å². The van der Waals surface area contributed by atoms with Crippen molar-refractivity contribution in [3.8, 4) is 0 Å². The van der Waals surface area contributed by atoms with Gasteiger partial charge >= 0.3 is 7.75 Å². The molecule has 1 aliphatic heterocycles. The lowest BCUT2D eigenvalue weighted by Gasteiger charge is -2.32. The fourth-order valence-corrected chi connectivity index (χ4v) is 3.50. The second-order valence-electron chi connectivity index (χ2n) is 5.06. The van der Waals surface area contributed by atoms with Gasteiger partial charge in [-0.05, 0) is 12.5 Å². The highest BCUT2D eigenvalue weighted by Gasteiger charge is 2.48. The highest BCUT2D eigenvalue weighted by molar-refractivity contribution is 7.51. The van der Waals surface area contributed by atoms with Crippen LogP contribution in [0.2, 0.25) is 0 Å². The number of nitro groups is 1. The molecule has 0 spiro atoms. The van der Waals surface area contributed by atoms with Gasteiger partial charge in [0, 0.05) is 17.9 Å². The summed E-state index contributed by atoms with van der Waals surface area (Å²) in [6.45, 7) is 2.73. The van der Waals surface area contributed by atoms with Crippen LogP contribution >= 0.6 is 7.75 Å². The van der Waals surface area contributed by atoms with E-state index in [1.807, 2.05) is 37.3 Å². The zero-order chi connectivity index (χ0) is 14.8. The van der Waals surface area contributed by atoms with Crippen molar-refractivity contribution in [1.82, 2.24) is 5.09 Å². The Balaban J connectivity index is 2.01. The third kappa shape index (κ3) is 3.24. The quantitative estimate of drug-likeness (QED) is 0.522. The van der Waals surface area contributed by atoms with E-state index >= 15 is 0 Å². The van der Waals surface area contributed by atoms with Gasteiger partial charge in [-0.25, -0.2) is 9.65 Å². The van der Waals surface area contributed by atoms with E-state index in [1.165, 1.54) is 6.92 Å². The summed E-state index contributed by atoms with van der Waals surface area (Å²) in [6.07, 6.45) is 0. The molecule has 1 fully saturated rings. The Kier molecular flexibility index (Phi) is 4.25. The number of rotatable bonds is 4. The van der Waals surface area contributed by atoms with Crippen LogP contribution in [0.25, 0.3) is 0 Å². The van der Waals surface area contributed by atoms with E-state index in [-0.39, 0.29) is 19.3 Å². The van der Waals surface area contributed by atoms with Crippen LogP contribution in [0.4, 0.5) is 0 Å². The van der Waals surface area contributed by atoms with Crippen molar-refractivity contribution in [2.45, 2.75) is 25.4 Å². The largest absolute Gasteiger partial charge is 0.406 e. The minimum absolute atomic E-state index is 0.244. The summed E-state index contributed by atoms with van der Waals surface area (Å²) in [7, 11) is -3.51. The zero-order valence-electron chi connectivity index (χ0n) is 11.3. The van der Waals surface area contributed by atoms with Crippen molar-refractivity contribution >= 4 is 7.75 Å². The Morgan fingerprint density at radius 1 is 1.35 bits per heavy atom. The Bertz CT molecular complexity index is 524. The summed E-state index contributed by atoms with van der Waals surface area (Å²) in [5.41, 5.74) is -0.427. The summed E-state index contributed by atoms with van der Waals surface area (Å²) in [6, 6.07) is 9.14. The van der Waals surface area contributed by atoms with Crippen LogP contribution in [0.3, 0.4) is 0 Å². The van der Waals surface area contributed by atoms with Crippen molar-refractivity contribution in [3.63, 3.8) is 0 Å². The standard InChI is InChI=1S/C12H17N2O5P/c1-10(11-6-4-3-5-7-11)13-20(17)18-8-12(2,9-19-20)14(15)16/h3-7,10H,8-9H2,1-2H3,(H,13,17)/t10-,12?,20?/m0/s1. The van der Waals surface area contributed by atoms with Crippen molar-refractivity contribution < 1.29 is 18.5 Å². The Morgan fingerprint density at radius 3 is 2.40 bits per heavy atom. The minimum atomic E-state index is -3.51. The maximum atomic E-state index is 12.3. The van der Waals surface area contributed by atoms with Crippen LogP contribution < -0.4 is 5.09 Å². The molecule has 1 atom stereocenters. The summed E-state index contributed by atoms with van der Waals surface area (Å²) >= 11 is 0. The van der Waals surface area contributed by atoms with Crippen molar-refractivity contribution in [1.29, 1.82) is 0 Å². The fourth-order valence-electron chi connectivity index (χ4n) is 1.76. The molecule has 0 unspecified atom stereocenters. The molecule has 0 radical (unpaired) electrons. The van der Waals surface area contributed by atoms with Gasteiger partial charge in [-0.15, -0.1) is 0 Å². The Hall–Kier alpha value is -1.27. The molecule has 1 aliphatic rings. The summed E-state index contributed by atoms with van der Waals surface area (Å²) in [5, 5.41) is 13.6. The average Bonchev–Trinajstić information content (AvgIpc) is 2.43. The smallest absolute Gasteiger partial charge is 0.289 e. The van der Waals surface area contributed by atoms with Gasteiger partial charge in [0.25, 0.3) is 5.54 Å². The molecule has 1 aromatic carbocycles. The predicted octanol–water partition coefficient (Wildman–Crippen LogP) is 2.53. The lowest BCUT2D eigenvalue weighted by molar-refractivity contribution is -0.573. The Morgan fingerprint density at radius 2 is 1.90 bits per heavy atom. The molecular formula is C12H17N2O5P. The van der Waals surface area contributed by atoms with Gasteiger partial charge in [-0.1, -0.05) is 30.3 Å². The first-order valence-electron chi connectivity index (χ1n) is 6.21. The molecule has 0 bridgehead atoms. The molecule has 1 saturated heterocycles. The summed E-state index contributed by atoms with van der Waals surface area (Å²) in [4.78, 5) is 10.4. The van der Waals surface area contributed by atoms with Gasteiger partial charge < -0.3 is 0 Å². The van der Waals surface area contributed by atoms with E-state index in [2.05, 4.69) is 5.09 Å².